The lowest BCUT2D eigenvalue weighted by atomic mass is 10.1. The molecule has 2 amide bonds. The monoisotopic (exact) mass is 479 g/mol. The first-order valence-corrected chi connectivity index (χ1v) is 11.2. The molecule has 0 atom stereocenters. The van der Waals surface area contributed by atoms with E-state index in [2.05, 4.69) is 15.8 Å². The predicted molar refractivity (Wildman–Crippen MR) is 134 cm³/mol. The number of hydrogen-bond donors (Lipinski definition) is 2. The lowest BCUT2D eigenvalue weighted by Crippen LogP contribution is -2.32. The van der Waals surface area contributed by atoms with Gasteiger partial charge in [0.2, 0.25) is 0 Å². The summed E-state index contributed by atoms with van der Waals surface area (Å²) in [5.41, 5.74) is 5.54. The van der Waals surface area contributed by atoms with Crippen molar-refractivity contribution in [2.24, 2.45) is 5.10 Å². The summed E-state index contributed by atoms with van der Waals surface area (Å²) in [4.78, 5) is 24.1. The number of aryl methyl sites for hydroxylation is 1. The molecule has 0 aliphatic carbocycles. The van der Waals surface area contributed by atoms with Crippen LogP contribution in [-0.4, -0.2) is 24.6 Å². The SMILES string of the molecule is CCOc1cc(/C=N\NC(=O)C(=O)Nc2ccc(CC)cc2)ccc1OCc1ccc(Cl)cc1. The Balaban J connectivity index is 1.57. The van der Waals surface area contributed by atoms with Gasteiger partial charge in [0.15, 0.2) is 11.5 Å². The first-order valence-electron chi connectivity index (χ1n) is 10.9. The van der Waals surface area contributed by atoms with Gasteiger partial charge in [-0.3, -0.25) is 9.59 Å². The maximum Gasteiger partial charge on any atom is 0.329 e. The van der Waals surface area contributed by atoms with Gasteiger partial charge in [0.1, 0.15) is 6.61 Å². The van der Waals surface area contributed by atoms with Gasteiger partial charge in [-0.1, -0.05) is 42.8 Å². The minimum Gasteiger partial charge on any atom is -0.490 e. The standard InChI is InChI=1S/C26H26ClN3O4/c1-3-18-7-12-22(13-8-18)29-25(31)26(32)30-28-16-20-9-14-23(24(15-20)33-4-2)34-17-19-5-10-21(27)11-6-19/h5-16H,3-4,17H2,1-2H3,(H,29,31)(H,30,32)/b28-16-. The lowest BCUT2D eigenvalue weighted by molar-refractivity contribution is -0.136. The number of anilines is 1. The molecule has 0 aromatic heterocycles. The van der Waals surface area contributed by atoms with Gasteiger partial charge in [0.25, 0.3) is 0 Å². The van der Waals surface area contributed by atoms with Crippen LogP contribution in [0.3, 0.4) is 0 Å². The zero-order valence-corrected chi connectivity index (χ0v) is 19.8. The fraction of sp³-hybridized carbons (Fsp3) is 0.192. The molecule has 0 fully saturated rings. The smallest absolute Gasteiger partial charge is 0.329 e. The highest BCUT2D eigenvalue weighted by molar-refractivity contribution is 6.39. The van der Waals surface area contributed by atoms with E-state index < -0.39 is 11.8 Å². The second-order valence-corrected chi connectivity index (χ2v) is 7.69. The van der Waals surface area contributed by atoms with Gasteiger partial charge in [0.05, 0.1) is 12.8 Å². The molecule has 3 aromatic carbocycles. The Morgan fingerprint density at radius 2 is 1.59 bits per heavy atom. The molecule has 2 N–H and O–H groups in total. The number of nitrogens with one attached hydrogen (secondary N) is 2. The topological polar surface area (TPSA) is 89.0 Å². The highest BCUT2D eigenvalue weighted by Gasteiger charge is 2.13. The molecule has 7 nitrogen and oxygen atoms in total. The Kier molecular flexibility index (Phi) is 9.05. The van der Waals surface area contributed by atoms with Crippen molar-refractivity contribution < 1.29 is 19.1 Å². The van der Waals surface area contributed by atoms with Gasteiger partial charge in [-0.15, -0.1) is 0 Å². The zero-order valence-electron chi connectivity index (χ0n) is 19.0. The number of hydrazone groups is 1. The number of carbonyl (C=O) groups is 2. The van der Waals surface area contributed by atoms with Crippen molar-refractivity contribution in [2.45, 2.75) is 26.9 Å². The van der Waals surface area contributed by atoms with E-state index in [1.807, 2.05) is 38.1 Å². The van der Waals surface area contributed by atoms with E-state index in [9.17, 15) is 9.59 Å². The second-order valence-electron chi connectivity index (χ2n) is 7.26. The number of amides is 2. The van der Waals surface area contributed by atoms with Gasteiger partial charge in [-0.25, -0.2) is 5.43 Å². The molecular weight excluding hydrogens is 454 g/mol. The van der Waals surface area contributed by atoms with Crippen LogP contribution in [0.1, 0.15) is 30.5 Å². The van der Waals surface area contributed by atoms with Crippen LogP contribution in [0.2, 0.25) is 5.02 Å². The normalized spacial score (nSPS) is 10.7. The van der Waals surface area contributed by atoms with Crippen molar-refractivity contribution in [2.75, 3.05) is 11.9 Å². The van der Waals surface area contributed by atoms with Crippen LogP contribution in [0, 0.1) is 0 Å². The highest BCUT2D eigenvalue weighted by Crippen LogP contribution is 2.29. The van der Waals surface area contributed by atoms with Crippen LogP contribution < -0.4 is 20.2 Å². The van der Waals surface area contributed by atoms with E-state index in [1.54, 1.807) is 42.5 Å². The number of rotatable bonds is 9. The summed E-state index contributed by atoms with van der Waals surface area (Å²) in [5, 5.41) is 7.07. The number of benzene rings is 3. The van der Waals surface area contributed by atoms with Crippen molar-refractivity contribution in [1.82, 2.24) is 5.43 Å². The van der Waals surface area contributed by atoms with E-state index >= 15 is 0 Å². The Hall–Kier alpha value is -3.84. The van der Waals surface area contributed by atoms with Crippen molar-refractivity contribution >= 4 is 35.3 Å². The quantitative estimate of drug-likeness (QED) is 0.257. The molecular formula is C26H26ClN3O4. The summed E-state index contributed by atoms with van der Waals surface area (Å²) >= 11 is 5.92. The van der Waals surface area contributed by atoms with Gasteiger partial charge >= 0.3 is 11.8 Å². The second kappa shape index (κ2) is 12.4. The molecule has 0 aliphatic heterocycles. The van der Waals surface area contributed by atoms with Crippen LogP contribution in [-0.2, 0) is 22.6 Å². The fourth-order valence-corrected chi connectivity index (χ4v) is 3.09. The third-order valence-electron chi connectivity index (χ3n) is 4.78. The maximum atomic E-state index is 12.1. The molecule has 0 aliphatic rings. The zero-order chi connectivity index (χ0) is 24.3. The molecule has 0 saturated carbocycles. The van der Waals surface area contributed by atoms with E-state index in [1.165, 1.54) is 6.21 Å². The Morgan fingerprint density at radius 3 is 2.26 bits per heavy atom. The van der Waals surface area contributed by atoms with E-state index in [-0.39, 0.29) is 0 Å². The average molecular weight is 480 g/mol. The minimum absolute atomic E-state index is 0.358. The summed E-state index contributed by atoms with van der Waals surface area (Å²) in [6.07, 6.45) is 2.32. The van der Waals surface area contributed by atoms with Gasteiger partial charge in [-0.05, 0) is 72.5 Å². The van der Waals surface area contributed by atoms with Crippen LogP contribution in [0.4, 0.5) is 5.69 Å². The summed E-state index contributed by atoms with van der Waals surface area (Å²) in [7, 11) is 0. The number of halogens is 1. The molecule has 0 spiro atoms. The summed E-state index contributed by atoms with van der Waals surface area (Å²) < 4.78 is 11.6. The maximum absolute atomic E-state index is 12.1. The average Bonchev–Trinajstić information content (AvgIpc) is 2.85. The molecule has 3 rings (SSSR count). The number of ether oxygens (including phenoxy) is 2. The molecule has 8 heteroatoms. The molecule has 3 aromatic rings. The van der Waals surface area contributed by atoms with Crippen LogP contribution in [0.5, 0.6) is 11.5 Å². The highest BCUT2D eigenvalue weighted by atomic mass is 35.5. The van der Waals surface area contributed by atoms with Gasteiger partial charge in [-0.2, -0.15) is 5.10 Å². The molecule has 0 heterocycles. The van der Waals surface area contributed by atoms with E-state index in [0.29, 0.717) is 41.0 Å². The van der Waals surface area contributed by atoms with Crippen LogP contribution >= 0.6 is 11.6 Å². The molecule has 0 saturated heterocycles. The Morgan fingerprint density at radius 1 is 0.882 bits per heavy atom. The van der Waals surface area contributed by atoms with Crippen molar-refractivity contribution in [1.29, 1.82) is 0 Å². The van der Waals surface area contributed by atoms with Gasteiger partial charge in [0, 0.05) is 10.7 Å². The molecule has 34 heavy (non-hydrogen) atoms. The lowest BCUT2D eigenvalue weighted by Gasteiger charge is -2.12. The van der Waals surface area contributed by atoms with Crippen molar-refractivity contribution in [3.63, 3.8) is 0 Å². The largest absolute Gasteiger partial charge is 0.490 e. The third-order valence-corrected chi connectivity index (χ3v) is 5.03. The predicted octanol–water partition coefficient (Wildman–Crippen LogP) is 4.97. The number of hydrogen-bond acceptors (Lipinski definition) is 5. The van der Waals surface area contributed by atoms with E-state index in [4.69, 9.17) is 21.1 Å². The summed E-state index contributed by atoms with van der Waals surface area (Å²) in [5.74, 6) is -0.558. The first kappa shape index (κ1) is 24.8. The fourth-order valence-electron chi connectivity index (χ4n) is 2.96. The van der Waals surface area contributed by atoms with Crippen LogP contribution in [0.25, 0.3) is 0 Å². The van der Waals surface area contributed by atoms with Gasteiger partial charge < -0.3 is 14.8 Å². The van der Waals surface area contributed by atoms with E-state index in [0.717, 1.165) is 17.5 Å². The molecule has 0 radical (unpaired) electrons. The molecule has 0 unspecified atom stereocenters. The Bertz CT molecular complexity index is 1150. The third kappa shape index (κ3) is 7.35. The Labute approximate surface area is 203 Å². The van der Waals surface area contributed by atoms with Crippen molar-refractivity contribution in [3.8, 4) is 11.5 Å². The molecule has 0 bridgehead atoms. The first-order chi connectivity index (χ1) is 16.5. The molecule has 176 valence electrons. The number of carbonyl (C=O) groups excluding carboxylic acids is 2. The summed E-state index contributed by atoms with van der Waals surface area (Å²) in [6, 6.07) is 20.0. The van der Waals surface area contributed by atoms with Crippen LogP contribution in [0.15, 0.2) is 71.8 Å². The minimum atomic E-state index is -0.872. The number of nitrogens with zero attached hydrogens (tertiary/aromatic N) is 1. The summed E-state index contributed by atoms with van der Waals surface area (Å²) in [6.45, 7) is 4.72. The van der Waals surface area contributed by atoms with Crippen molar-refractivity contribution in [3.05, 3.63) is 88.4 Å².